The Morgan fingerprint density at radius 3 is 2.96 bits per heavy atom. The van der Waals surface area contributed by atoms with Crippen molar-refractivity contribution >= 4 is 22.4 Å². The Balaban J connectivity index is 1.90. The van der Waals surface area contributed by atoms with Gasteiger partial charge in [0.25, 0.3) is 0 Å². The van der Waals surface area contributed by atoms with E-state index in [4.69, 9.17) is 5.26 Å². The molecule has 1 aliphatic rings. The van der Waals surface area contributed by atoms with Crippen LogP contribution in [0.15, 0.2) is 18.3 Å². The van der Waals surface area contributed by atoms with Crippen LogP contribution in [0.5, 0.6) is 0 Å². The van der Waals surface area contributed by atoms with Gasteiger partial charge in [-0.1, -0.05) is 0 Å². The third-order valence-corrected chi connectivity index (χ3v) is 4.05. The highest BCUT2D eigenvalue weighted by Gasteiger charge is 2.23. The number of nitrogens with zero attached hydrogens (tertiary/aromatic N) is 3. The summed E-state index contributed by atoms with van der Waals surface area (Å²) in [4.78, 5) is 8.84. The molecule has 1 fully saturated rings. The highest BCUT2D eigenvalue weighted by Crippen LogP contribution is 2.25. The molecule has 0 unspecified atom stereocenters. The molecule has 4 N–H and O–H groups in total. The van der Waals surface area contributed by atoms with E-state index in [1.165, 1.54) is 0 Å². The third-order valence-electron chi connectivity index (χ3n) is 4.05. The van der Waals surface area contributed by atoms with Crippen molar-refractivity contribution < 1.29 is 5.11 Å². The lowest BCUT2D eigenvalue weighted by Crippen LogP contribution is -2.25. The van der Waals surface area contributed by atoms with Crippen molar-refractivity contribution in [2.24, 2.45) is 0 Å². The largest absolute Gasteiger partial charge is 0.395 e. The molecule has 3 heterocycles. The van der Waals surface area contributed by atoms with Crippen molar-refractivity contribution in [1.29, 1.82) is 5.26 Å². The summed E-state index contributed by atoms with van der Waals surface area (Å²) in [6.07, 6.45) is 2.62. The SMILES string of the molecule is CC(C)Nc1nc(C#N)cc2cnc(N[C@@H]3CN[C@H](CO)C3)cc12. The molecule has 126 valence electrons. The Labute approximate surface area is 141 Å². The van der Waals surface area contributed by atoms with Crippen LogP contribution in [0.2, 0.25) is 0 Å². The minimum atomic E-state index is 0.140. The highest BCUT2D eigenvalue weighted by molar-refractivity contribution is 5.93. The number of rotatable bonds is 5. The minimum Gasteiger partial charge on any atom is -0.395 e. The molecular formula is C17H22N6O. The van der Waals surface area contributed by atoms with Gasteiger partial charge in [-0.3, -0.25) is 0 Å². The van der Waals surface area contributed by atoms with Crippen molar-refractivity contribution in [3.05, 3.63) is 24.0 Å². The molecule has 7 nitrogen and oxygen atoms in total. The predicted octanol–water partition coefficient (Wildman–Crippen LogP) is 1.46. The molecule has 0 bridgehead atoms. The van der Waals surface area contributed by atoms with Gasteiger partial charge in [0.1, 0.15) is 23.4 Å². The van der Waals surface area contributed by atoms with E-state index >= 15 is 0 Å². The maximum Gasteiger partial charge on any atom is 0.143 e. The van der Waals surface area contributed by atoms with Crippen molar-refractivity contribution in [3.8, 4) is 6.07 Å². The summed E-state index contributed by atoms with van der Waals surface area (Å²) in [5.41, 5.74) is 0.374. The summed E-state index contributed by atoms with van der Waals surface area (Å²) in [5, 5.41) is 30.1. The van der Waals surface area contributed by atoms with Gasteiger partial charge in [-0.25, -0.2) is 9.97 Å². The van der Waals surface area contributed by atoms with E-state index in [9.17, 15) is 5.11 Å². The van der Waals surface area contributed by atoms with Gasteiger partial charge in [0.05, 0.1) is 6.61 Å². The molecule has 0 aromatic carbocycles. The van der Waals surface area contributed by atoms with E-state index in [1.54, 1.807) is 12.3 Å². The van der Waals surface area contributed by atoms with Crippen molar-refractivity contribution in [1.82, 2.24) is 15.3 Å². The zero-order chi connectivity index (χ0) is 17.1. The lowest BCUT2D eigenvalue weighted by molar-refractivity contribution is 0.254. The van der Waals surface area contributed by atoms with Gasteiger partial charge < -0.3 is 21.1 Å². The normalized spacial score (nSPS) is 20.3. The molecule has 1 saturated heterocycles. The first-order chi connectivity index (χ1) is 11.6. The summed E-state index contributed by atoms with van der Waals surface area (Å²) in [5.74, 6) is 1.47. The molecule has 7 heteroatoms. The molecule has 0 amide bonds. The van der Waals surface area contributed by atoms with Crippen molar-refractivity contribution in [2.75, 3.05) is 23.8 Å². The number of aliphatic hydroxyl groups excluding tert-OH is 1. The highest BCUT2D eigenvalue weighted by atomic mass is 16.3. The summed E-state index contributed by atoms with van der Waals surface area (Å²) < 4.78 is 0. The predicted molar refractivity (Wildman–Crippen MR) is 93.9 cm³/mol. The average molecular weight is 326 g/mol. The van der Waals surface area contributed by atoms with Gasteiger partial charge in [0.2, 0.25) is 0 Å². The Hall–Kier alpha value is -2.43. The molecule has 0 spiro atoms. The Morgan fingerprint density at radius 2 is 2.29 bits per heavy atom. The third kappa shape index (κ3) is 3.55. The van der Waals surface area contributed by atoms with Crippen LogP contribution in [0.3, 0.4) is 0 Å². The van der Waals surface area contributed by atoms with E-state index in [0.29, 0.717) is 11.5 Å². The molecule has 2 aromatic heterocycles. The van der Waals surface area contributed by atoms with Crippen molar-refractivity contribution in [3.63, 3.8) is 0 Å². The van der Waals surface area contributed by atoms with E-state index in [1.807, 2.05) is 19.9 Å². The first-order valence-electron chi connectivity index (χ1n) is 8.17. The molecule has 1 aliphatic heterocycles. The van der Waals surface area contributed by atoms with Crippen LogP contribution in [-0.4, -0.2) is 46.4 Å². The number of nitrogens with one attached hydrogen (secondary N) is 3. The zero-order valence-corrected chi connectivity index (χ0v) is 13.9. The molecular weight excluding hydrogens is 304 g/mol. The average Bonchev–Trinajstić information content (AvgIpc) is 3.02. The van der Waals surface area contributed by atoms with E-state index in [2.05, 4.69) is 32.0 Å². The van der Waals surface area contributed by atoms with Crippen LogP contribution in [-0.2, 0) is 0 Å². The zero-order valence-electron chi connectivity index (χ0n) is 13.9. The lowest BCUT2D eigenvalue weighted by Gasteiger charge is -2.15. The molecule has 0 aliphatic carbocycles. The van der Waals surface area contributed by atoms with Gasteiger partial charge in [-0.05, 0) is 32.4 Å². The number of anilines is 2. The number of pyridine rings is 2. The second kappa shape index (κ2) is 6.99. The second-order valence-corrected chi connectivity index (χ2v) is 6.42. The molecule has 2 aromatic rings. The van der Waals surface area contributed by atoms with Gasteiger partial charge in [0.15, 0.2) is 0 Å². The topological polar surface area (TPSA) is 106 Å². The first kappa shape index (κ1) is 16.4. The maximum absolute atomic E-state index is 9.21. The molecule has 0 radical (unpaired) electrons. The smallest absolute Gasteiger partial charge is 0.143 e. The van der Waals surface area contributed by atoms with E-state index in [0.717, 1.165) is 29.6 Å². The van der Waals surface area contributed by atoms with Crippen LogP contribution in [0, 0.1) is 11.3 Å². The van der Waals surface area contributed by atoms with E-state index < -0.39 is 0 Å². The summed E-state index contributed by atoms with van der Waals surface area (Å²) >= 11 is 0. The fourth-order valence-corrected chi connectivity index (χ4v) is 2.94. The monoisotopic (exact) mass is 326 g/mol. The molecule has 2 atom stereocenters. The van der Waals surface area contributed by atoms with Gasteiger partial charge >= 0.3 is 0 Å². The molecule has 3 rings (SSSR count). The van der Waals surface area contributed by atoms with E-state index in [-0.39, 0.29) is 24.7 Å². The number of aliphatic hydroxyl groups is 1. The molecule has 24 heavy (non-hydrogen) atoms. The van der Waals surface area contributed by atoms with Gasteiger partial charge in [-0.15, -0.1) is 0 Å². The molecule has 0 saturated carbocycles. The summed E-state index contributed by atoms with van der Waals surface area (Å²) in [6, 6.07) is 6.38. The standard InChI is InChI=1S/C17H22N6O/c1-10(2)21-17-15-5-16(22-13-4-14(9-24)19-8-13)20-7-11(15)3-12(6-18)23-17/h3,5,7,10,13-14,19,24H,4,8-9H2,1-2H3,(H,20,22)(H,21,23)/t13-,14-/m0/s1. The van der Waals surface area contributed by atoms with Crippen LogP contribution >= 0.6 is 0 Å². The first-order valence-corrected chi connectivity index (χ1v) is 8.17. The second-order valence-electron chi connectivity index (χ2n) is 6.42. The van der Waals surface area contributed by atoms with Crippen LogP contribution in [0.25, 0.3) is 10.8 Å². The van der Waals surface area contributed by atoms with Gasteiger partial charge in [-0.2, -0.15) is 5.26 Å². The van der Waals surface area contributed by atoms with Crippen LogP contribution < -0.4 is 16.0 Å². The number of nitriles is 1. The number of fused-ring (bicyclic) bond motifs is 1. The Bertz CT molecular complexity index is 770. The number of aromatic nitrogens is 2. The summed E-state index contributed by atoms with van der Waals surface area (Å²) in [7, 11) is 0. The van der Waals surface area contributed by atoms with Crippen LogP contribution in [0.4, 0.5) is 11.6 Å². The quantitative estimate of drug-likeness (QED) is 0.659. The fourth-order valence-electron chi connectivity index (χ4n) is 2.94. The Morgan fingerprint density at radius 1 is 1.46 bits per heavy atom. The lowest BCUT2D eigenvalue weighted by atomic mass is 10.1. The van der Waals surface area contributed by atoms with Crippen LogP contribution in [0.1, 0.15) is 26.0 Å². The number of hydrogen-bond donors (Lipinski definition) is 4. The maximum atomic E-state index is 9.21. The van der Waals surface area contributed by atoms with Gasteiger partial charge in [0, 0.05) is 41.6 Å². The summed E-state index contributed by atoms with van der Waals surface area (Å²) in [6.45, 7) is 5.01. The fraction of sp³-hybridized carbons (Fsp3) is 0.471. The minimum absolute atomic E-state index is 0.140. The number of hydrogen-bond acceptors (Lipinski definition) is 7. The van der Waals surface area contributed by atoms with Crippen molar-refractivity contribution in [2.45, 2.75) is 38.4 Å². The Kier molecular flexibility index (Phi) is 4.79.